The summed E-state index contributed by atoms with van der Waals surface area (Å²) in [5.74, 6) is 0. The van der Waals surface area contributed by atoms with Crippen LogP contribution in [0.25, 0.3) is 0 Å². The van der Waals surface area contributed by atoms with E-state index >= 15 is 0 Å². The lowest BCUT2D eigenvalue weighted by molar-refractivity contribution is 0.570. The van der Waals surface area contributed by atoms with Crippen LogP contribution in [0, 0.1) is 0 Å². The summed E-state index contributed by atoms with van der Waals surface area (Å²) in [7, 11) is -7.38. The van der Waals surface area contributed by atoms with E-state index in [0.717, 1.165) is 5.56 Å². The van der Waals surface area contributed by atoms with E-state index in [4.69, 9.17) is 0 Å². The van der Waals surface area contributed by atoms with Crippen LogP contribution in [0.2, 0.25) is 0 Å². The number of rotatable bonds is 6. The van der Waals surface area contributed by atoms with Crippen molar-refractivity contribution in [3.63, 3.8) is 0 Å². The van der Waals surface area contributed by atoms with E-state index in [1.807, 2.05) is 0 Å². The van der Waals surface area contributed by atoms with Gasteiger partial charge in [-0.15, -0.1) is 0 Å². The molecule has 0 unspecified atom stereocenters. The molecule has 2 aromatic carbocycles. The highest BCUT2D eigenvalue weighted by Crippen LogP contribution is 2.24. The molecule has 0 atom stereocenters. The summed E-state index contributed by atoms with van der Waals surface area (Å²) in [5, 5.41) is 0. The van der Waals surface area contributed by atoms with E-state index in [2.05, 4.69) is 30.2 Å². The molecule has 0 radical (unpaired) electrons. The lowest BCUT2D eigenvalue weighted by Crippen LogP contribution is -2.30. The van der Waals surface area contributed by atoms with E-state index in [-0.39, 0.29) is 21.2 Å². The standard InChI is InChI=1S/C19H26N2O4S2/c1-14(2)20-26(22,23)18-12-8-16(9-13-18)21-27(24,25)17-10-6-15(7-11-17)19(3,4)5/h6-14,20-21H,1-5H3. The Morgan fingerprint density at radius 3 is 1.63 bits per heavy atom. The van der Waals surface area contributed by atoms with Gasteiger partial charge >= 0.3 is 0 Å². The molecule has 2 rings (SSSR count). The van der Waals surface area contributed by atoms with Crippen LogP contribution >= 0.6 is 0 Å². The molecule has 8 heteroatoms. The molecule has 2 N–H and O–H groups in total. The fraction of sp³-hybridized carbons (Fsp3) is 0.368. The van der Waals surface area contributed by atoms with Crippen LogP contribution in [0.4, 0.5) is 5.69 Å². The molecule has 0 amide bonds. The van der Waals surface area contributed by atoms with Crippen molar-refractivity contribution in [2.75, 3.05) is 4.72 Å². The van der Waals surface area contributed by atoms with Crippen LogP contribution in [0.15, 0.2) is 58.3 Å². The highest BCUT2D eigenvalue weighted by molar-refractivity contribution is 7.92. The van der Waals surface area contributed by atoms with E-state index in [1.165, 1.54) is 24.3 Å². The lowest BCUT2D eigenvalue weighted by Gasteiger charge is -2.19. The van der Waals surface area contributed by atoms with Crippen molar-refractivity contribution < 1.29 is 16.8 Å². The Kier molecular flexibility index (Phi) is 6.03. The Labute approximate surface area is 162 Å². The van der Waals surface area contributed by atoms with Gasteiger partial charge in [0.05, 0.1) is 9.79 Å². The third-order valence-electron chi connectivity index (χ3n) is 3.84. The summed E-state index contributed by atoms with van der Waals surface area (Å²) < 4.78 is 54.3. The van der Waals surface area contributed by atoms with Crippen LogP contribution in [0.3, 0.4) is 0 Å². The van der Waals surface area contributed by atoms with Gasteiger partial charge in [-0.25, -0.2) is 21.6 Å². The second-order valence-corrected chi connectivity index (χ2v) is 11.1. The van der Waals surface area contributed by atoms with Gasteiger partial charge in [-0.2, -0.15) is 0 Å². The maximum Gasteiger partial charge on any atom is 0.261 e. The summed E-state index contributed by atoms with van der Waals surface area (Å²) in [4.78, 5) is 0.224. The van der Waals surface area contributed by atoms with Crippen molar-refractivity contribution in [3.05, 3.63) is 54.1 Å². The van der Waals surface area contributed by atoms with Crippen molar-refractivity contribution in [1.29, 1.82) is 0 Å². The van der Waals surface area contributed by atoms with Gasteiger partial charge in [-0.3, -0.25) is 4.72 Å². The molecule has 148 valence electrons. The summed E-state index contributed by atoms with van der Waals surface area (Å²) in [5.41, 5.74) is 1.26. The van der Waals surface area contributed by atoms with Gasteiger partial charge in [-0.05, 0) is 61.2 Å². The van der Waals surface area contributed by atoms with Gasteiger partial charge in [0.25, 0.3) is 10.0 Å². The normalized spacial score (nSPS) is 13.0. The first kappa shape index (κ1) is 21.4. The molecule has 0 fully saturated rings. The number of nitrogens with one attached hydrogen (secondary N) is 2. The number of hydrogen-bond acceptors (Lipinski definition) is 4. The zero-order valence-corrected chi connectivity index (χ0v) is 17.8. The Hall–Kier alpha value is -1.90. The van der Waals surface area contributed by atoms with Gasteiger partial charge in [0, 0.05) is 11.7 Å². The highest BCUT2D eigenvalue weighted by atomic mass is 32.2. The maximum absolute atomic E-state index is 12.5. The average Bonchev–Trinajstić information content (AvgIpc) is 2.53. The Bertz CT molecular complexity index is 987. The second-order valence-electron chi connectivity index (χ2n) is 7.68. The monoisotopic (exact) mass is 410 g/mol. The SMILES string of the molecule is CC(C)NS(=O)(=O)c1ccc(NS(=O)(=O)c2ccc(C(C)(C)C)cc2)cc1. The van der Waals surface area contributed by atoms with E-state index in [1.54, 1.807) is 38.1 Å². The van der Waals surface area contributed by atoms with Crippen molar-refractivity contribution in [3.8, 4) is 0 Å². The van der Waals surface area contributed by atoms with Crippen LogP contribution < -0.4 is 9.44 Å². The molecule has 0 spiro atoms. The molecule has 0 heterocycles. The van der Waals surface area contributed by atoms with Gasteiger partial charge < -0.3 is 0 Å². The predicted molar refractivity (Wildman–Crippen MR) is 108 cm³/mol. The summed E-state index contributed by atoms with van der Waals surface area (Å²) in [6, 6.07) is 12.1. The number of benzene rings is 2. The molecule has 0 saturated heterocycles. The minimum absolute atomic E-state index is 0.0684. The Morgan fingerprint density at radius 2 is 1.19 bits per heavy atom. The van der Waals surface area contributed by atoms with E-state index < -0.39 is 20.0 Å². The summed E-state index contributed by atoms with van der Waals surface area (Å²) in [6.45, 7) is 9.62. The molecule has 2 aromatic rings. The van der Waals surface area contributed by atoms with Crippen molar-refractivity contribution in [2.24, 2.45) is 0 Å². The fourth-order valence-electron chi connectivity index (χ4n) is 2.43. The van der Waals surface area contributed by atoms with Gasteiger partial charge in [0.2, 0.25) is 10.0 Å². The fourth-order valence-corrected chi connectivity index (χ4v) is 4.74. The number of hydrogen-bond donors (Lipinski definition) is 2. The zero-order chi connectivity index (χ0) is 20.5. The third-order valence-corrected chi connectivity index (χ3v) is 6.91. The molecular formula is C19H26N2O4S2. The van der Waals surface area contributed by atoms with Crippen LogP contribution in [0.5, 0.6) is 0 Å². The van der Waals surface area contributed by atoms with Crippen LogP contribution in [-0.4, -0.2) is 22.9 Å². The zero-order valence-electron chi connectivity index (χ0n) is 16.1. The van der Waals surface area contributed by atoms with Crippen LogP contribution in [-0.2, 0) is 25.5 Å². The highest BCUT2D eigenvalue weighted by Gasteiger charge is 2.19. The first-order valence-electron chi connectivity index (χ1n) is 8.57. The minimum Gasteiger partial charge on any atom is -0.280 e. The van der Waals surface area contributed by atoms with Crippen molar-refractivity contribution >= 4 is 25.7 Å². The van der Waals surface area contributed by atoms with Gasteiger partial charge in [0.15, 0.2) is 0 Å². The first-order valence-corrected chi connectivity index (χ1v) is 11.5. The molecule has 27 heavy (non-hydrogen) atoms. The Morgan fingerprint density at radius 1 is 0.741 bits per heavy atom. The maximum atomic E-state index is 12.5. The lowest BCUT2D eigenvalue weighted by atomic mass is 9.87. The number of anilines is 1. The summed E-state index contributed by atoms with van der Waals surface area (Å²) in [6.07, 6.45) is 0. The van der Waals surface area contributed by atoms with Crippen molar-refractivity contribution in [2.45, 2.75) is 55.9 Å². The molecule has 6 nitrogen and oxygen atoms in total. The molecule has 0 saturated carbocycles. The quantitative estimate of drug-likeness (QED) is 0.763. The third kappa shape index (κ3) is 5.54. The van der Waals surface area contributed by atoms with Gasteiger partial charge in [0.1, 0.15) is 0 Å². The predicted octanol–water partition coefficient (Wildman–Crippen LogP) is 3.47. The Balaban J connectivity index is 2.21. The average molecular weight is 411 g/mol. The molecular weight excluding hydrogens is 384 g/mol. The minimum atomic E-state index is -3.76. The van der Waals surface area contributed by atoms with E-state index in [0.29, 0.717) is 5.69 Å². The molecule has 0 aliphatic carbocycles. The second kappa shape index (κ2) is 7.61. The van der Waals surface area contributed by atoms with E-state index in [9.17, 15) is 16.8 Å². The topological polar surface area (TPSA) is 92.3 Å². The summed E-state index contributed by atoms with van der Waals surface area (Å²) >= 11 is 0. The number of sulfonamides is 2. The smallest absolute Gasteiger partial charge is 0.261 e. The van der Waals surface area contributed by atoms with Crippen molar-refractivity contribution in [1.82, 2.24) is 4.72 Å². The largest absolute Gasteiger partial charge is 0.280 e. The first-order chi connectivity index (χ1) is 12.3. The molecule has 0 aliphatic rings. The molecule has 0 bridgehead atoms. The molecule has 0 aromatic heterocycles. The molecule has 0 aliphatic heterocycles. The van der Waals surface area contributed by atoms with Crippen LogP contribution in [0.1, 0.15) is 40.2 Å². The van der Waals surface area contributed by atoms with Gasteiger partial charge in [-0.1, -0.05) is 32.9 Å².